The SMILES string of the molecule is Nc1ccnc(C#CCCl)c1. The van der Waals surface area contributed by atoms with Crippen LogP contribution in [0.1, 0.15) is 5.69 Å². The molecule has 0 atom stereocenters. The lowest BCUT2D eigenvalue weighted by Gasteiger charge is -1.90. The lowest BCUT2D eigenvalue weighted by molar-refractivity contribution is 1.29. The number of hydrogen-bond donors (Lipinski definition) is 1. The van der Waals surface area contributed by atoms with Crippen molar-refractivity contribution in [3.05, 3.63) is 24.0 Å². The molecule has 0 aromatic carbocycles. The summed E-state index contributed by atoms with van der Waals surface area (Å²) >= 11 is 5.36. The average molecular weight is 167 g/mol. The summed E-state index contributed by atoms with van der Waals surface area (Å²) in [6.45, 7) is 0. The molecule has 0 aliphatic rings. The first-order valence-corrected chi connectivity index (χ1v) is 3.63. The van der Waals surface area contributed by atoms with Crippen molar-refractivity contribution >= 4 is 17.3 Å². The molecule has 1 rings (SSSR count). The molecule has 0 fully saturated rings. The van der Waals surface area contributed by atoms with E-state index in [0.29, 0.717) is 17.3 Å². The van der Waals surface area contributed by atoms with Crippen molar-refractivity contribution in [1.82, 2.24) is 4.98 Å². The van der Waals surface area contributed by atoms with Crippen molar-refractivity contribution in [2.24, 2.45) is 0 Å². The summed E-state index contributed by atoms with van der Waals surface area (Å²) in [6.07, 6.45) is 1.62. The van der Waals surface area contributed by atoms with Gasteiger partial charge in [-0.3, -0.25) is 0 Å². The van der Waals surface area contributed by atoms with E-state index in [9.17, 15) is 0 Å². The van der Waals surface area contributed by atoms with Crippen molar-refractivity contribution in [2.75, 3.05) is 11.6 Å². The molecule has 56 valence electrons. The van der Waals surface area contributed by atoms with Crippen LogP contribution in [0.2, 0.25) is 0 Å². The fourth-order valence-corrected chi connectivity index (χ4v) is 0.706. The summed E-state index contributed by atoms with van der Waals surface area (Å²) in [5.74, 6) is 5.77. The minimum Gasteiger partial charge on any atom is -0.399 e. The highest BCUT2D eigenvalue weighted by Gasteiger charge is 1.87. The summed E-state index contributed by atoms with van der Waals surface area (Å²) in [4.78, 5) is 3.96. The van der Waals surface area contributed by atoms with Gasteiger partial charge in [0.1, 0.15) is 5.69 Å². The third-order valence-corrected chi connectivity index (χ3v) is 1.20. The molecule has 1 heterocycles. The van der Waals surface area contributed by atoms with Crippen LogP contribution in [0.4, 0.5) is 5.69 Å². The molecule has 3 heteroatoms. The third kappa shape index (κ3) is 2.48. The maximum absolute atomic E-state index is 5.49. The Morgan fingerprint density at radius 1 is 1.64 bits per heavy atom. The van der Waals surface area contributed by atoms with Gasteiger partial charge in [0.05, 0.1) is 5.88 Å². The highest BCUT2D eigenvalue weighted by molar-refractivity contribution is 6.19. The average Bonchev–Trinajstić information content (AvgIpc) is 2.01. The zero-order valence-electron chi connectivity index (χ0n) is 5.84. The van der Waals surface area contributed by atoms with Crippen LogP contribution in [0.5, 0.6) is 0 Å². The molecule has 2 N–H and O–H groups in total. The number of alkyl halides is 1. The van der Waals surface area contributed by atoms with Gasteiger partial charge in [-0.1, -0.05) is 5.92 Å². The Labute approximate surface area is 70.4 Å². The monoisotopic (exact) mass is 166 g/mol. The van der Waals surface area contributed by atoms with Crippen LogP contribution in [0.25, 0.3) is 0 Å². The highest BCUT2D eigenvalue weighted by Crippen LogP contribution is 2.00. The van der Waals surface area contributed by atoms with Crippen molar-refractivity contribution in [1.29, 1.82) is 0 Å². The standard InChI is InChI=1S/C8H7ClN2/c9-4-1-2-8-6-7(10)3-5-11-8/h3,5-6H,4H2,(H2,10,11). The van der Waals surface area contributed by atoms with Gasteiger partial charge < -0.3 is 5.73 Å². The van der Waals surface area contributed by atoms with Crippen LogP contribution < -0.4 is 5.73 Å². The minimum absolute atomic E-state index is 0.316. The number of nitrogen functional groups attached to an aromatic ring is 1. The lowest BCUT2D eigenvalue weighted by atomic mass is 10.3. The Balaban J connectivity index is 2.87. The summed E-state index contributed by atoms with van der Waals surface area (Å²) in [5, 5.41) is 0. The van der Waals surface area contributed by atoms with Crippen LogP contribution >= 0.6 is 11.6 Å². The Hall–Kier alpha value is -1.20. The number of nitrogens with two attached hydrogens (primary N) is 1. The molecule has 1 aromatic rings. The highest BCUT2D eigenvalue weighted by atomic mass is 35.5. The number of anilines is 1. The van der Waals surface area contributed by atoms with Crippen LogP contribution in [0.15, 0.2) is 18.3 Å². The number of halogens is 1. The van der Waals surface area contributed by atoms with Crippen molar-refractivity contribution in [3.8, 4) is 11.8 Å². The van der Waals surface area contributed by atoms with E-state index in [4.69, 9.17) is 17.3 Å². The van der Waals surface area contributed by atoms with E-state index in [-0.39, 0.29) is 0 Å². The van der Waals surface area contributed by atoms with Gasteiger partial charge in [-0.15, -0.1) is 11.6 Å². The maximum atomic E-state index is 5.49. The molecule has 0 unspecified atom stereocenters. The van der Waals surface area contributed by atoms with Crippen LogP contribution in [0.3, 0.4) is 0 Å². The topological polar surface area (TPSA) is 38.9 Å². The molecular formula is C8H7ClN2. The van der Waals surface area contributed by atoms with Gasteiger partial charge in [-0.05, 0) is 18.1 Å². The number of nitrogens with zero attached hydrogens (tertiary/aromatic N) is 1. The minimum atomic E-state index is 0.316. The second kappa shape index (κ2) is 3.85. The normalized spacial score (nSPS) is 8.45. The smallest absolute Gasteiger partial charge is 0.115 e. The first kappa shape index (κ1) is 7.90. The molecular weight excluding hydrogens is 160 g/mol. The molecule has 0 aliphatic heterocycles. The molecule has 0 bridgehead atoms. The summed E-state index contributed by atoms with van der Waals surface area (Å²) in [7, 11) is 0. The fraction of sp³-hybridized carbons (Fsp3) is 0.125. The lowest BCUT2D eigenvalue weighted by Crippen LogP contribution is -1.87. The Morgan fingerprint density at radius 3 is 3.09 bits per heavy atom. The van der Waals surface area contributed by atoms with Gasteiger partial charge in [-0.2, -0.15) is 0 Å². The van der Waals surface area contributed by atoms with E-state index in [1.807, 2.05) is 0 Å². The number of aromatic nitrogens is 1. The first-order chi connectivity index (χ1) is 5.33. The largest absolute Gasteiger partial charge is 0.399 e. The number of pyridine rings is 1. The van der Waals surface area contributed by atoms with Gasteiger partial charge in [0.15, 0.2) is 0 Å². The van der Waals surface area contributed by atoms with E-state index < -0.39 is 0 Å². The fourth-order valence-electron chi connectivity index (χ4n) is 0.639. The van der Waals surface area contributed by atoms with E-state index in [2.05, 4.69) is 16.8 Å². The van der Waals surface area contributed by atoms with Gasteiger partial charge in [0, 0.05) is 11.9 Å². The molecule has 0 spiro atoms. The van der Waals surface area contributed by atoms with Crippen LogP contribution in [-0.4, -0.2) is 10.9 Å². The van der Waals surface area contributed by atoms with Crippen molar-refractivity contribution in [2.45, 2.75) is 0 Å². The molecule has 0 radical (unpaired) electrons. The van der Waals surface area contributed by atoms with Gasteiger partial charge >= 0.3 is 0 Å². The molecule has 0 saturated carbocycles. The van der Waals surface area contributed by atoms with E-state index in [1.54, 1.807) is 18.3 Å². The molecule has 0 saturated heterocycles. The number of rotatable bonds is 0. The maximum Gasteiger partial charge on any atom is 0.115 e. The Morgan fingerprint density at radius 2 is 2.45 bits per heavy atom. The molecule has 1 aromatic heterocycles. The Bertz CT molecular complexity index is 298. The van der Waals surface area contributed by atoms with Crippen LogP contribution in [0, 0.1) is 11.8 Å². The molecule has 0 amide bonds. The van der Waals surface area contributed by atoms with Crippen LogP contribution in [-0.2, 0) is 0 Å². The molecule has 2 nitrogen and oxygen atoms in total. The zero-order valence-corrected chi connectivity index (χ0v) is 6.60. The van der Waals surface area contributed by atoms with Gasteiger partial charge in [0.25, 0.3) is 0 Å². The Kier molecular flexibility index (Phi) is 2.76. The number of hydrogen-bond acceptors (Lipinski definition) is 2. The third-order valence-electron chi connectivity index (χ3n) is 1.07. The second-order valence-electron chi connectivity index (χ2n) is 1.91. The van der Waals surface area contributed by atoms with Gasteiger partial charge in [-0.25, -0.2) is 4.98 Å². The quantitative estimate of drug-likeness (QED) is 0.466. The second-order valence-corrected chi connectivity index (χ2v) is 2.18. The summed E-state index contributed by atoms with van der Waals surface area (Å²) in [6, 6.07) is 3.42. The predicted octanol–water partition coefficient (Wildman–Crippen LogP) is 1.25. The predicted molar refractivity (Wildman–Crippen MR) is 46.2 cm³/mol. The van der Waals surface area contributed by atoms with Crippen molar-refractivity contribution in [3.63, 3.8) is 0 Å². The summed E-state index contributed by atoms with van der Waals surface area (Å²) in [5.41, 5.74) is 6.81. The zero-order chi connectivity index (χ0) is 8.10. The van der Waals surface area contributed by atoms with E-state index in [1.165, 1.54) is 0 Å². The molecule has 11 heavy (non-hydrogen) atoms. The van der Waals surface area contributed by atoms with E-state index in [0.717, 1.165) is 0 Å². The summed E-state index contributed by atoms with van der Waals surface area (Å²) < 4.78 is 0. The van der Waals surface area contributed by atoms with Crippen molar-refractivity contribution < 1.29 is 0 Å². The first-order valence-electron chi connectivity index (χ1n) is 3.09. The molecule has 0 aliphatic carbocycles. The van der Waals surface area contributed by atoms with E-state index >= 15 is 0 Å². The van der Waals surface area contributed by atoms with Gasteiger partial charge in [0.2, 0.25) is 0 Å².